The molecular formula is C14H23N3OS. The van der Waals surface area contributed by atoms with Crippen LogP contribution in [0.4, 0.5) is 5.82 Å². The number of aromatic nitrogens is 2. The van der Waals surface area contributed by atoms with Crippen molar-refractivity contribution >= 4 is 16.6 Å². The Bertz CT molecular complexity index is 466. The monoisotopic (exact) mass is 281 g/mol. The van der Waals surface area contributed by atoms with Crippen LogP contribution in [0.1, 0.15) is 44.1 Å². The summed E-state index contributed by atoms with van der Waals surface area (Å²) < 4.78 is 11.4. The molecule has 1 aliphatic rings. The molecule has 4 nitrogen and oxygen atoms in total. The lowest BCUT2D eigenvalue weighted by Gasteiger charge is -2.32. The third kappa shape index (κ3) is 3.53. The van der Waals surface area contributed by atoms with Gasteiger partial charge in [-0.05, 0) is 19.8 Å². The van der Waals surface area contributed by atoms with E-state index in [-0.39, 0.29) is 0 Å². The van der Waals surface area contributed by atoms with E-state index in [0.717, 1.165) is 41.7 Å². The maximum absolute atomic E-state index is 11.4. The van der Waals surface area contributed by atoms with Gasteiger partial charge in [-0.15, -0.1) is 0 Å². The second-order valence-electron chi connectivity index (χ2n) is 5.57. The second kappa shape index (κ2) is 5.99. The van der Waals surface area contributed by atoms with Crippen molar-refractivity contribution in [1.29, 1.82) is 0 Å². The molecule has 0 N–H and O–H groups in total. The first-order valence-electron chi connectivity index (χ1n) is 6.90. The summed E-state index contributed by atoms with van der Waals surface area (Å²) >= 11 is 0. The summed E-state index contributed by atoms with van der Waals surface area (Å²) in [5.41, 5.74) is 1.01. The summed E-state index contributed by atoms with van der Waals surface area (Å²) in [5, 5.41) is 0. The lowest BCUT2D eigenvalue weighted by atomic mass is 10.1. The van der Waals surface area contributed by atoms with Crippen LogP contribution in [0.2, 0.25) is 0 Å². The van der Waals surface area contributed by atoms with Gasteiger partial charge in [0.05, 0.1) is 0 Å². The normalized spacial score (nSPS) is 23.6. The van der Waals surface area contributed by atoms with E-state index in [4.69, 9.17) is 0 Å². The van der Waals surface area contributed by atoms with Crippen molar-refractivity contribution in [1.82, 2.24) is 9.97 Å². The highest BCUT2D eigenvalue weighted by atomic mass is 32.2. The van der Waals surface area contributed by atoms with Gasteiger partial charge < -0.3 is 4.90 Å². The average molecular weight is 281 g/mol. The summed E-state index contributed by atoms with van der Waals surface area (Å²) in [6.45, 7) is 6.24. The Kier molecular flexibility index (Phi) is 4.55. The first kappa shape index (κ1) is 14.4. The molecule has 0 unspecified atom stereocenters. The Morgan fingerprint density at radius 3 is 2.53 bits per heavy atom. The van der Waals surface area contributed by atoms with Crippen LogP contribution >= 0.6 is 0 Å². The van der Waals surface area contributed by atoms with E-state index in [1.807, 2.05) is 13.0 Å². The summed E-state index contributed by atoms with van der Waals surface area (Å²) in [6, 6.07) is 2.49. The zero-order valence-electron chi connectivity index (χ0n) is 12.2. The number of aryl methyl sites for hydroxylation is 1. The van der Waals surface area contributed by atoms with E-state index in [2.05, 4.69) is 35.8 Å². The summed E-state index contributed by atoms with van der Waals surface area (Å²) in [5.74, 6) is 3.87. The molecule has 1 aliphatic heterocycles. The number of rotatable bonds is 3. The Balaban J connectivity index is 2.18. The maximum Gasteiger partial charge on any atom is 0.133 e. The fourth-order valence-electron chi connectivity index (χ4n) is 2.37. The number of anilines is 1. The molecule has 0 atom stereocenters. The zero-order chi connectivity index (χ0) is 14.0. The van der Waals surface area contributed by atoms with Gasteiger partial charge in [0.25, 0.3) is 0 Å². The molecule has 0 bridgehead atoms. The molecular weight excluding hydrogens is 258 g/mol. The fourth-order valence-corrected chi connectivity index (χ4v) is 3.64. The lowest BCUT2D eigenvalue weighted by Crippen LogP contribution is -2.38. The van der Waals surface area contributed by atoms with Crippen LogP contribution in [0.3, 0.4) is 0 Å². The molecule has 0 aromatic carbocycles. The Labute approximate surface area is 118 Å². The second-order valence-corrected chi connectivity index (χ2v) is 7.27. The maximum atomic E-state index is 11.4. The van der Waals surface area contributed by atoms with Crippen molar-refractivity contribution in [3.63, 3.8) is 0 Å². The fraction of sp³-hybridized carbons (Fsp3) is 0.714. The Morgan fingerprint density at radius 2 is 1.95 bits per heavy atom. The summed E-state index contributed by atoms with van der Waals surface area (Å²) in [6.07, 6.45) is 1.98. The molecule has 1 saturated heterocycles. The van der Waals surface area contributed by atoms with E-state index >= 15 is 0 Å². The highest BCUT2D eigenvalue weighted by Gasteiger charge is 2.23. The van der Waals surface area contributed by atoms with Gasteiger partial charge >= 0.3 is 0 Å². The van der Waals surface area contributed by atoms with Crippen LogP contribution in [0.25, 0.3) is 0 Å². The standard InChI is InChI=1S/C14H23N3OS/c1-10(2)14-15-11(3)9-13(16-14)17(4)12-5-7-19(18)8-6-12/h9-10,12H,5-8H2,1-4H3. The largest absolute Gasteiger partial charge is 0.357 e. The van der Waals surface area contributed by atoms with Crippen LogP contribution in [0.5, 0.6) is 0 Å². The molecule has 0 aliphatic carbocycles. The van der Waals surface area contributed by atoms with Crippen LogP contribution < -0.4 is 4.90 Å². The van der Waals surface area contributed by atoms with Crippen molar-refractivity contribution in [3.8, 4) is 0 Å². The first-order chi connectivity index (χ1) is 8.97. The lowest BCUT2D eigenvalue weighted by molar-refractivity contribution is 0.564. The van der Waals surface area contributed by atoms with E-state index in [1.165, 1.54) is 0 Å². The van der Waals surface area contributed by atoms with Crippen LogP contribution in [-0.4, -0.2) is 38.8 Å². The molecule has 1 aromatic rings. The minimum Gasteiger partial charge on any atom is -0.357 e. The minimum absolute atomic E-state index is 0.339. The molecule has 0 amide bonds. The van der Waals surface area contributed by atoms with Crippen molar-refractivity contribution in [2.75, 3.05) is 23.5 Å². The van der Waals surface area contributed by atoms with Gasteiger partial charge in [-0.3, -0.25) is 4.21 Å². The van der Waals surface area contributed by atoms with E-state index < -0.39 is 10.8 Å². The third-order valence-corrected chi connectivity index (χ3v) is 5.02. The van der Waals surface area contributed by atoms with E-state index in [0.29, 0.717) is 12.0 Å². The highest BCUT2D eigenvalue weighted by molar-refractivity contribution is 7.85. The van der Waals surface area contributed by atoms with Crippen LogP contribution in [0.15, 0.2) is 6.07 Å². The van der Waals surface area contributed by atoms with Gasteiger partial charge in [0.2, 0.25) is 0 Å². The molecule has 2 rings (SSSR count). The van der Waals surface area contributed by atoms with Gasteiger partial charge in [0.1, 0.15) is 11.6 Å². The highest BCUT2D eigenvalue weighted by Crippen LogP contribution is 2.22. The van der Waals surface area contributed by atoms with Crippen molar-refractivity contribution in [2.24, 2.45) is 0 Å². The average Bonchev–Trinajstić information content (AvgIpc) is 2.38. The molecule has 0 spiro atoms. The summed E-state index contributed by atoms with van der Waals surface area (Å²) in [7, 11) is 1.48. The van der Waals surface area contributed by atoms with Crippen molar-refractivity contribution < 1.29 is 4.21 Å². The summed E-state index contributed by atoms with van der Waals surface area (Å²) in [4.78, 5) is 11.4. The Morgan fingerprint density at radius 1 is 1.32 bits per heavy atom. The van der Waals surface area contributed by atoms with Crippen molar-refractivity contribution in [3.05, 3.63) is 17.6 Å². The van der Waals surface area contributed by atoms with Gasteiger partial charge in [-0.2, -0.15) is 0 Å². The number of nitrogens with zero attached hydrogens (tertiary/aromatic N) is 3. The van der Waals surface area contributed by atoms with Gasteiger partial charge in [0.15, 0.2) is 0 Å². The molecule has 0 radical (unpaired) electrons. The zero-order valence-corrected chi connectivity index (χ0v) is 13.0. The van der Waals surface area contributed by atoms with Gasteiger partial charge in [-0.1, -0.05) is 13.8 Å². The molecule has 0 saturated carbocycles. The number of hydrogen-bond donors (Lipinski definition) is 0. The SMILES string of the molecule is Cc1cc(N(C)C2CCS(=O)CC2)nc(C(C)C)n1. The van der Waals surface area contributed by atoms with E-state index in [1.54, 1.807) is 0 Å². The third-order valence-electron chi connectivity index (χ3n) is 3.64. The Hall–Kier alpha value is -0.970. The smallest absolute Gasteiger partial charge is 0.133 e. The predicted octanol–water partition coefficient (Wildman–Crippen LogP) is 2.26. The topological polar surface area (TPSA) is 46.1 Å². The quantitative estimate of drug-likeness (QED) is 0.852. The molecule has 5 heteroatoms. The van der Waals surface area contributed by atoms with Crippen molar-refractivity contribution in [2.45, 2.75) is 45.6 Å². The van der Waals surface area contributed by atoms with Crippen LogP contribution in [0, 0.1) is 6.92 Å². The first-order valence-corrected chi connectivity index (χ1v) is 8.39. The molecule has 1 fully saturated rings. The van der Waals surface area contributed by atoms with E-state index in [9.17, 15) is 4.21 Å². The predicted molar refractivity (Wildman–Crippen MR) is 80.2 cm³/mol. The molecule has 19 heavy (non-hydrogen) atoms. The number of hydrogen-bond acceptors (Lipinski definition) is 4. The van der Waals surface area contributed by atoms with Gasteiger partial charge in [-0.25, -0.2) is 9.97 Å². The van der Waals surface area contributed by atoms with Gasteiger partial charge in [0, 0.05) is 53.1 Å². The molecule has 106 valence electrons. The van der Waals surface area contributed by atoms with Crippen LogP contribution in [-0.2, 0) is 10.8 Å². The molecule has 1 aromatic heterocycles. The molecule has 2 heterocycles. The minimum atomic E-state index is -0.609.